The summed E-state index contributed by atoms with van der Waals surface area (Å²) in [4.78, 5) is 24.5. The van der Waals surface area contributed by atoms with E-state index in [0.717, 1.165) is 48.1 Å². The molecule has 0 spiro atoms. The number of rotatable bonds is 12. The lowest BCUT2D eigenvalue weighted by Gasteiger charge is -2.16. The molecule has 0 aliphatic heterocycles. The summed E-state index contributed by atoms with van der Waals surface area (Å²) in [7, 11) is 0. The van der Waals surface area contributed by atoms with Gasteiger partial charge in [-0.25, -0.2) is 0 Å². The van der Waals surface area contributed by atoms with Gasteiger partial charge in [-0.15, -0.1) is 0 Å². The number of aromatic nitrogens is 2. The van der Waals surface area contributed by atoms with E-state index >= 15 is 0 Å². The highest BCUT2D eigenvalue weighted by Gasteiger charge is 2.37. The van der Waals surface area contributed by atoms with Crippen LogP contribution in [0.1, 0.15) is 99.3 Å². The molecule has 8 heteroatoms. The maximum absolute atomic E-state index is 13.1. The molecule has 0 radical (unpaired) electrons. The van der Waals surface area contributed by atoms with Crippen molar-refractivity contribution in [2.75, 3.05) is 0 Å². The summed E-state index contributed by atoms with van der Waals surface area (Å²) in [6.45, 7) is 8.50. The van der Waals surface area contributed by atoms with Crippen LogP contribution in [-0.4, -0.2) is 27.2 Å². The Bertz CT molecular complexity index is 1270. The van der Waals surface area contributed by atoms with E-state index in [9.17, 15) is 14.7 Å². The third-order valence-corrected chi connectivity index (χ3v) is 7.17. The van der Waals surface area contributed by atoms with Gasteiger partial charge in [-0.1, -0.05) is 54.8 Å². The van der Waals surface area contributed by atoms with Gasteiger partial charge < -0.3 is 14.2 Å². The minimum absolute atomic E-state index is 0.0154. The molecular formula is C29H35ClN2O5. The highest BCUT2D eigenvalue weighted by molar-refractivity contribution is 6.31. The van der Waals surface area contributed by atoms with E-state index in [2.05, 4.69) is 31.1 Å². The van der Waals surface area contributed by atoms with Gasteiger partial charge in [-0.05, 0) is 61.1 Å². The van der Waals surface area contributed by atoms with Crippen molar-refractivity contribution in [2.24, 2.45) is 5.41 Å². The summed E-state index contributed by atoms with van der Waals surface area (Å²) >= 11 is 6.35. The van der Waals surface area contributed by atoms with Crippen molar-refractivity contribution in [1.29, 1.82) is 0 Å². The SMILES string of the molecule is Cc1ccc(CC(=O)C[C@H](CCC(=O)O)c2noc(-c3cc(CCC(C)(C)C)on3)c2C2CC2)c(Cl)c1. The van der Waals surface area contributed by atoms with Crippen LogP contribution in [0.25, 0.3) is 11.5 Å². The number of carboxylic acids is 1. The van der Waals surface area contributed by atoms with Gasteiger partial charge in [0.25, 0.3) is 0 Å². The van der Waals surface area contributed by atoms with Crippen molar-refractivity contribution < 1.29 is 23.7 Å². The summed E-state index contributed by atoms with van der Waals surface area (Å²) in [5.41, 5.74) is 4.17. The summed E-state index contributed by atoms with van der Waals surface area (Å²) in [5.74, 6) is 0.331. The van der Waals surface area contributed by atoms with Gasteiger partial charge in [0.2, 0.25) is 0 Å². The van der Waals surface area contributed by atoms with E-state index in [-0.39, 0.29) is 42.3 Å². The summed E-state index contributed by atoms with van der Waals surface area (Å²) in [6.07, 6.45) is 4.31. The molecule has 1 fully saturated rings. The molecule has 0 bridgehead atoms. The Labute approximate surface area is 222 Å². The molecule has 1 saturated carbocycles. The van der Waals surface area contributed by atoms with Gasteiger partial charge in [-0.3, -0.25) is 9.59 Å². The molecule has 198 valence electrons. The first-order valence-corrected chi connectivity index (χ1v) is 13.3. The molecule has 0 amide bonds. The number of hydrogen-bond donors (Lipinski definition) is 1. The number of aryl methyl sites for hydroxylation is 2. The Morgan fingerprint density at radius 3 is 2.57 bits per heavy atom. The summed E-state index contributed by atoms with van der Waals surface area (Å²) in [5, 5.41) is 18.6. The van der Waals surface area contributed by atoms with E-state index in [4.69, 9.17) is 20.6 Å². The number of hydrogen-bond acceptors (Lipinski definition) is 6. The Kier molecular flexibility index (Phi) is 8.22. The lowest BCUT2D eigenvalue weighted by molar-refractivity contribution is -0.137. The second-order valence-corrected chi connectivity index (χ2v) is 11.9. The molecule has 1 N–H and O–H groups in total. The van der Waals surface area contributed by atoms with Crippen molar-refractivity contribution in [3.05, 3.63) is 57.4 Å². The second-order valence-electron chi connectivity index (χ2n) is 11.5. The normalized spacial score (nSPS) is 14.6. The number of carboxylic acid groups (broad SMARTS) is 1. The highest BCUT2D eigenvalue weighted by atomic mass is 35.5. The van der Waals surface area contributed by atoms with Gasteiger partial charge in [-0.2, -0.15) is 0 Å². The molecule has 37 heavy (non-hydrogen) atoms. The van der Waals surface area contributed by atoms with Crippen LogP contribution < -0.4 is 0 Å². The fourth-order valence-electron chi connectivity index (χ4n) is 4.58. The smallest absolute Gasteiger partial charge is 0.303 e. The van der Waals surface area contributed by atoms with Crippen LogP contribution >= 0.6 is 11.6 Å². The molecule has 7 nitrogen and oxygen atoms in total. The molecule has 1 aliphatic carbocycles. The average molecular weight is 527 g/mol. The van der Waals surface area contributed by atoms with Gasteiger partial charge in [0.1, 0.15) is 11.5 Å². The minimum Gasteiger partial charge on any atom is -0.481 e. The van der Waals surface area contributed by atoms with Crippen LogP contribution in [-0.2, 0) is 22.4 Å². The molecule has 0 saturated heterocycles. The number of nitrogens with zero attached hydrogens (tertiary/aromatic N) is 2. The predicted molar refractivity (Wildman–Crippen MR) is 141 cm³/mol. The van der Waals surface area contributed by atoms with Crippen molar-refractivity contribution in [3.63, 3.8) is 0 Å². The monoisotopic (exact) mass is 526 g/mol. The van der Waals surface area contributed by atoms with E-state index in [1.54, 1.807) is 0 Å². The van der Waals surface area contributed by atoms with Crippen LogP contribution in [0.4, 0.5) is 0 Å². The number of aliphatic carboxylic acids is 1. The van der Waals surface area contributed by atoms with Gasteiger partial charge in [0, 0.05) is 48.3 Å². The maximum atomic E-state index is 13.1. The number of halogens is 1. The van der Waals surface area contributed by atoms with Crippen LogP contribution in [0.15, 0.2) is 33.3 Å². The van der Waals surface area contributed by atoms with Crippen molar-refractivity contribution in [2.45, 2.75) is 90.9 Å². The molecule has 2 aromatic heterocycles. The van der Waals surface area contributed by atoms with E-state index in [1.165, 1.54) is 0 Å². The first-order valence-electron chi connectivity index (χ1n) is 12.9. The van der Waals surface area contributed by atoms with Crippen LogP contribution in [0.2, 0.25) is 5.02 Å². The van der Waals surface area contributed by atoms with E-state index < -0.39 is 5.97 Å². The molecule has 2 heterocycles. The molecule has 1 aliphatic rings. The Balaban J connectivity index is 1.58. The van der Waals surface area contributed by atoms with Crippen molar-refractivity contribution >= 4 is 23.4 Å². The second kappa shape index (κ2) is 11.2. The fourth-order valence-corrected chi connectivity index (χ4v) is 4.88. The number of carbonyl (C=O) groups is 2. The first kappa shape index (κ1) is 27.1. The van der Waals surface area contributed by atoms with Crippen LogP contribution in [0.5, 0.6) is 0 Å². The zero-order valence-corrected chi connectivity index (χ0v) is 22.7. The van der Waals surface area contributed by atoms with Crippen molar-refractivity contribution in [3.8, 4) is 11.5 Å². The maximum Gasteiger partial charge on any atom is 0.303 e. The predicted octanol–water partition coefficient (Wildman–Crippen LogP) is 7.30. The lowest BCUT2D eigenvalue weighted by Crippen LogP contribution is -2.13. The van der Waals surface area contributed by atoms with Crippen LogP contribution in [0.3, 0.4) is 0 Å². The van der Waals surface area contributed by atoms with Gasteiger partial charge in [0.05, 0.1) is 5.69 Å². The van der Waals surface area contributed by atoms with Crippen molar-refractivity contribution in [1.82, 2.24) is 10.3 Å². The number of ketones is 1. The summed E-state index contributed by atoms with van der Waals surface area (Å²) in [6, 6.07) is 7.54. The Morgan fingerprint density at radius 1 is 1.16 bits per heavy atom. The average Bonchev–Trinajstić information content (AvgIpc) is 3.37. The number of benzene rings is 1. The molecule has 4 rings (SSSR count). The number of carbonyl (C=O) groups excluding carboxylic acids is 1. The molecule has 3 aromatic rings. The standard InChI is InChI=1S/C29H35ClN2O5/c1-17-5-6-19(23(30)13-17)14-21(33)15-20(9-10-25(34)35)27-26(18-7-8-18)28(37-32-27)24-16-22(36-31-24)11-12-29(2,3)4/h5-6,13,16,18,20H,7-12,14-15H2,1-4H3,(H,34,35)/t20-/m0/s1. The Morgan fingerprint density at radius 2 is 1.92 bits per heavy atom. The summed E-state index contributed by atoms with van der Waals surface area (Å²) < 4.78 is 11.4. The van der Waals surface area contributed by atoms with E-state index in [0.29, 0.717) is 28.6 Å². The molecule has 1 atom stereocenters. The topological polar surface area (TPSA) is 106 Å². The minimum atomic E-state index is -0.907. The Hall–Kier alpha value is -2.93. The third kappa shape index (κ3) is 7.31. The first-order chi connectivity index (χ1) is 17.5. The number of Topliss-reactive ketones (excluding diaryl/α,β-unsaturated/α-hetero) is 1. The largest absolute Gasteiger partial charge is 0.481 e. The van der Waals surface area contributed by atoms with E-state index in [1.807, 2.05) is 31.2 Å². The van der Waals surface area contributed by atoms with Gasteiger partial charge >= 0.3 is 5.97 Å². The fraction of sp³-hybridized carbons (Fsp3) is 0.517. The highest BCUT2D eigenvalue weighted by Crippen LogP contribution is 2.48. The molecule has 0 unspecified atom stereocenters. The quantitative estimate of drug-likeness (QED) is 0.264. The van der Waals surface area contributed by atoms with Gasteiger partial charge in [0.15, 0.2) is 11.5 Å². The third-order valence-electron chi connectivity index (χ3n) is 6.82. The zero-order valence-electron chi connectivity index (χ0n) is 22.0. The van der Waals surface area contributed by atoms with Crippen LogP contribution in [0, 0.1) is 12.3 Å². The molecular weight excluding hydrogens is 492 g/mol. The molecule has 1 aromatic carbocycles. The zero-order chi connectivity index (χ0) is 26.7. The lowest BCUT2D eigenvalue weighted by atomic mass is 9.87.